The van der Waals surface area contributed by atoms with Crippen LogP contribution in [0.3, 0.4) is 0 Å². The Hall–Kier alpha value is -0.830. The molecule has 0 aliphatic carbocycles. The Balaban J connectivity index is 2.75. The molecule has 3 nitrogen and oxygen atoms in total. The number of carbonyl (C=O) groups is 1. The van der Waals surface area contributed by atoms with Gasteiger partial charge in [-0.15, -0.1) is 0 Å². The van der Waals surface area contributed by atoms with Crippen LogP contribution < -0.4 is 0 Å². The molecule has 1 rings (SSSR count). The normalized spacial score (nSPS) is 22.1. The second kappa shape index (κ2) is 3.73. The fourth-order valence-electron chi connectivity index (χ4n) is 1.52. The Labute approximate surface area is 86.4 Å². The average Bonchev–Trinajstić information content (AvgIpc) is 2.30. The van der Waals surface area contributed by atoms with E-state index in [1.807, 2.05) is 25.2 Å². The van der Waals surface area contributed by atoms with Crippen molar-refractivity contribution < 1.29 is 4.79 Å². The first-order valence-corrected chi connectivity index (χ1v) is 4.96. The lowest BCUT2D eigenvalue weighted by Gasteiger charge is -2.30. The molecular weight excluding hydrogens is 176 g/mol. The molecular formula is C11H20N2O. The number of Topliss-reactive ketones (excluding diaryl/α,β-unsaturated/α-hetero) is 1. The van der Waals surface area contributed by atoms with Gasteiger partial charge in [-0.3, -0.25) is 9.69 Å². The zero-order valence-corrected chi connectivity index (χ0v) is 9.79. The molecule has 1 fully saturated rings. The summed E-state index contributed by atoms with van der Waals surface area (Å²) in [6, 6.07) is 0. The van der Waals surface area contributed by atoms with E-state index in [0.29, 0.717) is 6.54 Å². The minimum atomic E-state index is 0.0809. The molecule has 0 atom stereocenters. The van der Waals surface area contributed by atoms with E-state index < -0.39 is 0 Å². The Morgan fingerprint density at radius 3 is 2.21 bits per heavy atom. The zero-order valence-electron chi connectivity index (χ0n) is 9.79. The molecule has 0 spiro atoms. The summed E-state index contributed by atoms with van der Waals surface area (Å²) in [4.78, 5) is 15.8. The van der Waals surface area contributed by atoms with Crippen molar-refractivity contribution in [2.24, 2.45) is 0 Å². The minimum absolute atomic E-state index is 0.0809. The van der Waals surface area contributed by atoms with Gasteiger partial charge in [-0.1, -0.05) is 0 Å². The van der Waals surface area contributed by atoms with Gasteiger partial charge in [0.25, 0.3) is 0 Å². The first kappa shape index (κ1) is 11.2. The van der Waals surface area contributed by atoms with Crippen LogP contribution in [-0.2, 0) is 4.79 Å². The largest absolute Gasteiger partial charge is 0.383 e. The molecule has 1 heterocycles. The Kier molecular flexibility index (Phi) is 3.00. The van der Waals surface area contributed by atoms with E-state index in [1.54, 1.807) is 0 Å². The second-order valence-electron chi connectivity index (χ2n) is 5.07. The van der Waals surface area contributed by atoms with E-state index in [4.69, 9.17) is 0 Å². The SMILES string of the molecule is CN(C)/C=C1/CN(C(C)(C)C)CC1=O. The molecule has 3 heteroatoms. The van der Waals surface area contributed by atoms with Gasteiger partial charge in [0.05, 0.1) is 6.54 Å². The monoisotopic (exact) mass is 196 g/mol. The van der Waals surface area contributed by atoms with Gasteiger partial charge in [0, 0.05) is 38.0 Å². The predicted octanol–water partition coefficient (Wildman–Crippen LogP) is 1.12. The maximum Gasteiger partial charge on any atom is 0.175 e. The minimum Gasteiger partial charge on any atom is -0.383 e. The van der Waals surface area contributed by atoms with Crippen molar-refractivity contribution in [3.8, 4) is 0 Å². The molecule has 0 aromatic rings. The van der Waals surface area contributed by atoms with Gasteiger partial charge in [-0.25, -0.2) is 0 Å². The van der Waals surface area contributed by atoms with E-state index in [9.17, 15) is 4.79 Å². The molecule has 0 aromatic carbocycles. The van der Waals surface area contributed by atoms with Crippen LogP contribution >= 0.6 is 0 Å². The highest BCUT2D eigenvalue weighted by Gasteiger charge is 2.32. The summed E-state index contributed by atoms with van der Waals surface area (Å²) in [5.74, 6) is 0.258. The van der Waals surface area contributed by atoms with E-state index in [-0.39, 0.29) is 11.3 Å². The molecule has 0 bridgehead atoms. The van der Waals surface area contributed by atoms with Crippen molar-refractivity contribution in [1.82, 2.24) is 9.80 Å². The van der Waals surface area contributed by atoms with Crippen LogP contribution in [0.2, 0.25) is 0 Å². The van der Waals surface area contributed by atoms with Gasteiger partial charge >= 0.3 is 0 Å². The highest BCUT2D eigenvalue weighted by molar-refractivity contribution is 5.99. The van der Waals surface area contributed by atoms with Crippen LogP contribution in [0, 0.1) is 0 Å². The maximum absolute atomic E-state index is 11.6. The quantitative estimate of drug-likeness (QED) is 0.587. The molecule has 0 amide bonds. The molecule has 0 radical (unpaired) electrons. The fraction of sp³-hybridized carbons (Fsp3) is 0.727. The zero-order chi connectivity index (χ0) is 10.9. The van der Waals surface area contributed by atoms with Crippen molar-refractivity contribution in [2.75, 3.05) is 27.2 Å². The Bertz CT molecular complexity index is 261. The van der Waals surface area contributed by atoms with Gasteiger partial charge in [0.1, 0.15) is 0 Å². The summed E-state index contributed by atoms with van der Waals surface area (Å²) >= 11 is 0. The van der Waals surface area contributed by atoms with Crippen molar-refractivity contribution >= 4 is 5.78 Å². The first-order valence-electron chi connectivity index (χ1n) is 4.96. The summed E-state index contributed by atoms with van der Waals surface area (Å²) in [7, 11) is 3.89. The number of ketones is 1. The molecule has 14 heavy (non-hydrogen) atoms. The van der Waals surface area contributed by atoms with Crippen LogP contribution in [0.5, 0.6) is 0 Å². The molecule has 1 saturated heterocycles. The summed E-state index contributed by atoms with van der Waals surface area (Å²) in [6.45, 7) is 7.75. The fourth-order valence-corrected chi connectivity index (χ4v) is 1.52. The van der Waals surface area contributed by atoms with Crippen LogP contribution in [-0.4, -0.2) is 48.3 Å². The molecule has 0 aromatic heterocycles. The average molecular weight is 196 g/mol. The van der Waals surface area contributed by atoms with Crippen LogP contribution in [0.1, 0.15) is 20.8 Å². The van der Waals surface area contributed by atoms with Gasteiger partial charge in [0.2, 0.25) is 0 Å². The molecule has 1 aliphatic heterocycles. The lowest BCUT2D eigenvalue weighted by Crippen LogP contribution is -2.39. The van der Waals surface area contributed by atoms with Crippen molar-refractivity contribution in [2.45, 2.75) is 26.3 Å². The van der Waals surface area contributed by atoms with Crippen molar-refractivity contribution in [1.29, 1.82) is 0 Å². The van der Waals surface area contributed by atoms with Crippen molar-refractivity contribution in [3.63, 3.8) is 0 Å². The Morgan fingerprint density at radius 2 is 1.86 bits per heavy atom. The van der Waals surface area contributed by atoms with E-state index in [1.165, 1.54) is 0 Å². The molecule has 80 valence electrons. The third kappa shape index (κ3) is 2.58. The number of carbonyl (C=O) groups excluding carboxylic acids is 1. The topological polar surface area (TPSA) is 23.6 Å². The number of nitrogens with zero attached hydrogens (tertiary/aromatic N) is 2. The van der Waals surface area contributed by atoms with Crippen molar-refractivity contribution in [3.05, 3.63) is 11.8 Å². The maximum atomic E-state index is 11.6. The summed E-state index contributed by atoms with van der Waals surface area (Å²) in [5.41, 5.74) is 1.00. The van der Waals surface area contributed by atoms with Crippen LogP contribution in [0.25, 0.3) is 0 Å². The summed E-state index contributed by atoms with van der Waals surface area (Å²) in [6.07, 6.45) is 1.92. The van der Waals surface area contributed by atoms with E-state index in [2.05, 4.69) is 25.7 Å². The summed E-state index contributed by atoms with van der Waals surface area (Å²) < 4.78 is 0. The predicted molar refractivity (Wildman–Crippen MR) is 58.1 cm³/mol. The van der Waals surface area contributed by atoms with Crippen LogP contribution in [0.4, 0.5) is 0 Å². The van der Waals surface area contributed by atoms with Crippen LogP contribution in [0.15, 0.2) is 11.8 Å². The van der Waals surface area contributed by atoms with Gasteiger partial charge in [-0.05, 0) is 20.8 Å². The lowest BCUT2D eigenvalue weighted by molar-refractivity contribution is -0.115. The lowest BCUT2D eigenvalue weighted by atomic mass is 10.1. The first-order chi connectivity index (χ1) is 6.30. The molecule has 1 aliphatic rings. The second-order valence-corrected chi connectivity index (χ2v) is 5.07. The molecule has 0 unspecified atom stereocenters. The number of likely N-dealkylation sites (tertiary alicyclic amines) is 1. The van der Waals surface area contributed by atoms with Gasteiger partial charge < -0.3 is 4.90 Å². The van der Waals surface area contributed by atoms with Gasteiger partial charge in [-0.2, -0.15) is 0 Å². The highest BCUT2D eigenvalue weighted by atomic mass is 16.1. The number of rotatable bonds is 1. The smallest absolute Gasteiger partial charge is 0.175 e. The highest BCUT2D eigenvalue weighted by Crippen LogP contribution is 2.21. The molecule has 0 N–H and O–H groups in total. The number of hydrogen-bond donors (Lipinski definition) is 0. The van der Waals surface area contributed by atoms with E-state index >= 15 is 0 Å². The molecule has 0 saturated carbocycles. The third-order valence-corrected chi connectivity index (χ3v) is 2.42. The van der Waals surface area contributed by atoms with Gasteiger partial charge in [0.15, 0.2) is 5.78 Å². The Morgan fingerprint density at radius 1 is 1.29 bits per heavy atom. The third-order valence-electron chi connectivity index (χ3n) is 2.42. The summed E-state index contributed by atoms with van der Waals surface area (Å²) in [5, 5.41) is 0. The number of hydrogen-bond acceptors (Lipinski definition) is 3. The van der Waals surface area contributed by atoms with E-state index in [0.717, 1.165) is 12.1 Å². The standard InChI is InChI=1S/C11H20N2O/c1-11(2,3)13-7-9(6-12(4)5)10(14)8-13/h6H,7-8H2,1-5H3/b9-6-.